The number of amides is 2. The van der Waals surface area contributed by atoms with Crippen molar-refractivity contribution < 1.29 is 19.1 Å². The molecule has 0 radical (unpaired) electrons. The predicted molar refractivity (Wildman–Crippen MR) is 73.3 cm³/mol. The Bertz CT molecular complexity index is 427. The minimum Gasteiger partial charge on any atom is -0.464 e. The first-order valence-corrected chi connectivity index (χ1v) is 6.98. The number of carbonyl (C=O) groups excluding carboxylic acids is 1. The van der Waals surface area contributed by atoms with Gasteiger partial charge in [0.15, 0.2) is 0 Å². The Kier molecular flexibility index (Phi) is 5.43. The Labute approximate surface area is 118 Å². The van der Waals surface area contributed by atoms with Gasteiger partial charge in [-0.05, 0) is 31.9 Å². The minimum absolute atomic E-state index is 0.0516. The maximum absolute atomic E-state index is 12.2. The van der Waals surface area contributed by atoms with Gasteiger partial charge in [-0.2, -0.15) is 0 Å². The molecule has 0 aromatic carbocycles. The van der Waals surface area contributed by atoms with Crippen LogP contribution >= 0.6 is 0 Å². The molecule has 6 nitrogen and oxygen atoms in total. The second-order valence-corrected chi connectivity index (χ2v) is 5.02. The zero-order valence-corrected chi connectivity index (χ0v) is 11.8. The number of nitrogens with one attached hydrogen (secondary N) is 1. The molecule has 0 unspecified atom stereocenters. The van der Waals surface area contributed by atoms with E-state index in [1.807, 2.05) is 19.1 Å². The minimum atomic E-state index is -0.191. The second kappa shape index (κ2) is 7.31. The number of aliphatic hydroxyl groups excluding tert-OH is 1. The molecule has 1 atom stereocenters. The van der Waals surface area contributed by atoms with Crippen LogP contribution < -0.4 is 5.32 Å². The van der Waals surface area contributed by atoms with Gasteiger partial charge in [0.25, 0.3) is 0 Å². The van der Waals surface area contributed by atoms with E-state index in [0.29, 0.717) is 18.9 Å². The van der Waals surface area contributed by atoms with E-state index in [9.17, 15) is 4.79 Å². The summed E-state index contributed by atoms with van der Waals surface area (Å²) in [6, 6.07) is 3.56. The molecule has 1 saturated heterocycles. The molecule has 2 rings (SSSR count). The lowest BCUT2D eigenvalue weighted by atomic mass is 10.1. The third-order valence-corrected chi connectivity index (χ3v) is 3.29. The van der Waals surface area contributed by atoms with Gasteiger partial charge < -0.3 is 24.5 Å². The van der Waals surface area contributed by atoms with Crippen molar-refractivity contribution in [2.24, 2.45) is 0 Å². The van der Waals surface area contributed by atoms with E-state index < -0.39 is 0 Å². The van der Waals surface area contributed by atoms with E-state index in [2.05, 4.69) is 5.32 Å². The maximum Gasteiger partial charge on any atom is 0.318 e. The molecule has 1 aliphatic rings. The first-order valence-electron chi connectivity index (χ1n) is 6.98. The number of ether oxygens (including phenoxy) is 1. The lowest BCUT2D eigenvalue weighted by molar-refractivity contribution is 0.0696. The average molecular weight is 282 g/mol. The van der Waals surface area contributed by atoms with Crippen LogP contribution in [0.25, 0.3) is 0 Å². The van der Waals surface area contributed by atoms with Crippen molar-refractivity contribution in [1.29, 1.82) is 0 Å². The first kappa shape index (κ1) is 14.9. The second-order valence-electron chi connectivity index (χ2n) is 5.02. The van der Waals surface area contributed by atoms with Gasteiger partial charge in [-0.3, -0.25) is 0 Å². The summed E-state index contributed by atoms with van der Waals surface area (Å²) < 4.78 is 10.8. The van der Waals surface area contributed by atoms with Crippen molar-refractivity contribution >= 4 is 6.03 Å². The zero-order chi connectivity index (χ0) is 14.4. The van der Waals surface area contributed by atoms with Gasteiger partial charge >= 0.3 is 6.03 Å². The number of furan rings is 1. The Morgan fingerprint density at radius 2 is 2.40 bits per heavy atom. The molecule has 6 heteroatoms. The highest BCUT2D eigenvalue weighted by Gasteiger charge is 2.20. The lowest BCUT2D eigenvalue weighted by Crippen LogP contribution is -2.48. The monoisotopic (exact) mass is 282 g/mol. The van der Waals surface area contributed by atoms with Crippen LogP contribution in [0.15, 0.2) is 16.5 Å². The highest BCUT2D eigenvalue weighted by atomic mass is 16.5. The summed E-state index contributed by atoms with van der Waals surface area (Å²) in [6.45, 7) is 3.73. The van der Waals surface area contributed by atoms with E-state index in [1.54, 1.807) is 4.90 Å². The van der Waals surface area contributed by atoms with Crippen molar-refractivity contribution in [2.45, 2.75) is 32.4 Å². The number of carbonyl (C=O) groups is 1. The molecular formula is C14H22N2O4. The van der Waals surface area contributed by atoms with Crippen LogP contribution in [0.5, 0.6) is 0 Å². The Balaban J connectivity index is 1.90. The summed E-state index contributed by atoms with van der Waals surface area (Å²) in [5.74, 6) is 1.52. The van der Waals surface area contributed by atoms with Gasteiger partial charge in [-0.1, -0.05) is 0 Å². The highest BCUT2D eigenvalue weighted by molar-refractivity contribution is 5.74. The molecule has 2 amide bonds. The van der Waals surface area contributed by atoms with Crippen LogP contribution in [0.2, 0.25) is 0 Å². The summed E-state index contributed by atoms with van der Waals surface area (Å²) >= 11 is 0. The summed E-state index contributed by atoms with van der Waals surface area (Å²) in [7, 11) is 0. The number of aryl methyl sites for hydroxylation is 1. The van der Waals surface area contributed by atoms with Gasteiger partial charge in [0.05, 0.1) is 25.8 Å². The van der Waals surface area contributed by atoms with Gasteiger partial charge in [0.1, 0.15) is 11.5 Å². The zero-order valence-electron chi connectivity index (χ0n) is 11.8. The van der Waals surface area contributed by atoms with Crippen LogP contribution in [-0.4, -0.2) is 48.4 Å². The van der Waals surface area contributed by atoms with Crippen molar-refractivity contribution in [3.8, 4) is 0 Å². The third-order valence-electron chi connectivity index (χ3n) is 3.29. The van der Waals surface area contributed by atoms with Crippen LogP contribution in [0.3, 0.4) is 0 Å². The van der Waals surface area contributed by atoms with Gasteiger partial charge in [-0.25, -0.2) is 4.79 Å². The highest BCUT2D eigenvalue weighted by Crippen LogP contribution is 2.11. The molecule has 1 aliphatic heterocycles. The molecular weight excluding hydrogens is 260 g/mol. The summed E-state index contributed by atoms with van der Waals surface area (Å²) in [5, 5.41) is 12.0. The lowest BCUT2D eigenvalue weighted by Gasteiger charge is -2.27. The fourth-order valence-electron chi connectivity index (χ4n) is 2.25. The SMILES string of the molecule is Cc1ccc(CN(CCO)C(=O)N[C@@H]2CCCOC2)o1. The Morgan fingerprint density at radius 3 is 3.00 bits per heavy atom. The quantitative estimate of drug-likeness (QED) is 0.853. The molecule has 2 N–H and O–H groups in total. The number of urea groups is 1. The van der Waals surface area contributed by atoms with Crippen molar-refractivity contribution in [3.05, 3.63) is 23.7 Å². The number of nitrogens with zero attached hydrogens (tertiary/aromatic N) is 1. The molecule has 0 saturated carbocycles. The van der Waals surface area contributed by atoms with Gasteiger partial charge in [-0.15, -0.1) is 0 Å². The molecule has 20 heavy (non-hydrogen) atoms. The third kappa shape index (κ3) is 4.25. The standard InChI is InChI=1S/C14H22N2O4/c1-11-4-5-13(20-11)9-16(6-7-17)14(18)15-12-3-2-8-19-10-12/h4-5,12,17H,2-3,6-10H2,1H3,(H,15,18)/t12-/m1/s1. The van der Waals surface area contributed by atoms with E-state index in [1.165, 1.54) is 0 Å². The molecule has 1 aromatic rings. The molecule has 2 heterocycles. The van der Waals surface area contributed by atoms with Crippen LogP contribution in [0.4, 0.5) is 4.79 Å². The topological polar surface area (TPSA) is 74.9 Å². The van der Waals surface area contributed by atoms with E-state index in [-0.39, 0.29) is 25.2 Å². The summed E-state index contributed by atoms with van der Waals surface area (Å²) in [6.07, 6.45) is 1.89. The fraction of sp³-hybridized carbons (Fsp3) is 0.643. The predicted octanol–water partition coefficient (Wildman–Crippen LogP) is 1.27. The summed E-state index contributed by atoms with van der Waals surface area (Å²) in [5.41, 5.74) is 0. The van der Waals surface area contributed by atoms with E-state index in [4.69, 9.17) is 14.3 Å². The van der Waals surface area contributed by atoms with Crippen molar-refractivity contribution in [3.63, 3.8) is 0 Å². The van der Waals surface area contributed by atoms with Gasteiger partial charge in [0, 0.05) is 13.2 Å². The smallest absolute Gasteiger partial charge is 0.318 e. The maximum atomic E-state index is 12.2. The molecule has 0 spiro atoms. The van der Waals surface area contributed by atoms with Crippen molar-refractivity contribution in [2.75, 3.05) is 26.4 Å². The van der Waals surface area contributed by atoms with E-state index in [0.717, 1.165) is 25.2 Å². The average Bonchev–Trinajstić information content (AvgIpc) is 2.85. The molecule has 112 valence electrons. The number of hydrogen-bond acceptors (Lipinski definition) is 4. The largest absolute Gasteiger partial charge is 0.464 e. The molecule has 0 bridgehead atoms. The number of rotatable bonds is 5. The van der Waals surface area contributed by atoms with Crippen LogP contribution in [-0.2, 0) is 11.3 Å². The molecule has 0 aliphatic carbocycles. The Hall–Kier alpha value is -1.53. The Morgan fingerprint density at radius 1 is 1.55 bits per heavy atom. The van der Waals surface area contributed by atoms with Crippen LogP contribution in [0.1, 0.15) is 24.4 Å². The fourth-order valence-corrected chi connectivity index (χ4v) is 2.25. The van der Waals surface area contributed by atoms with E-state index >= 15 is 0 Å². The van der Waals surface area contributed by atoms with Crippen molar-refractivity contribution in [1.82, 2.24) is 10.2 Å². The molecule has 1 aromatic heterocycles. The normalized spacial score (nSPS) is 18.8. The first-order chi connectivity index (χ1) is 9.69. The van der Waals surface area contributed by atoms with Gasteiger partial charge in [0.2, 0.25) is 0 Å². The number of aliphatic hydroxyl groups is 1. The molecule has 1 fully saturated rings. The van der Waals surface area contributed by atoms with Crippen LogP contribution in [0, 0.1) is 6.92 Å². The number of hydrogen-bond donors (Lipinski definition) is 2. The summed E-state index contributed by atoms with van der Waals surface area (Å²) in [4.78, 5) is 13.8.